The Balaban J connectivity index is 2.23. The lowest BCUT2D eigenvalue weighted by molar-refractivity contribution is 0.410. The van der Waals surface area contributed by atoms with Crippen molar-refractivity contribution in [2.24, 2.45) is 0 Å². The zero-order chi connectivity index (χ0) is 10.8. The number of aromatic amines is 1. The molecule has 1 heterocycles. The molecule has 0 atom stereocenters. The average molecular weight is 203 g/mol. The summed E-state index contributed by atoms with van der Waals surface area (Å²) >= 11 is 0. The van der Waals surface area contributed by atoms with Crippen LogP contribution in [0.25, 0.3) is 11.0 Å². The molecule has 0 amide bonds. The topological polar surface area (TPSA) is 31.9 Å². The number of benzene rings is 1. The van der Waals surface area contributed by atoms with Crippen molar-refractivity contribution in [2.75, 3.05) is 20.6 Å². The van der Waals surface area contributed by atoms with Gasteiger partial charge in [-0.15, -0.1) is 0 Å². The highest BCUT2D eigenvalue weighted by Crippen LogP contribution is 2.13. The Morgan fingerprint density at radius 3 is 2.87 bits per heavy atom. The van der Waals surface area contributed by atoms with Crippen LogP contribution in [-0.4, -0.2) is 35.5 Å². The molecule has 0 aliphatic heterocycles. The van der Waals surface area contributed by atoms with Crippen LogP contribution in [0.4, 0.5) is 0 Å². The number of likely N-dealkylation sites (N-methyl/N-ethyl adjacent to an activating group) is 1. The largest absolute Gasteiger partial charge is 0.342 e. The SMILES string of the molecule is Cc1ccc2nc(CCN(C)C)[nH]c2c1. The fourth-order valence-corrected chi connectivity index (χ4v) is 1.62. The zero-order valence-electron chi connectivity index (χ0n) is 9.54. The molecule has 0 unspecified atom stereocenters. The minimum Gasteiger partial charge on any atom is -0.342 e. The molecule has 2 aromatic rings. The maximum absolute atomic E-state index is 4.54. The lowest BCUT2D eigenvalue weighted by Gasteiger charge is -2.06. The highest BCUT2D eigenvalue weighted by Gasteiger charge is 2.02. The van der Waals surface area contributed by atoms with E-state index in [1.165, 1.54) is 5.56 Å². The smallest absolute Gasteiger partial charge is 0.108 e. The van der Waals surface area contributed by atoms with Crippen LogP contribution in [-0.2, 0) is 6.42 Å². The Morgan fingerprint density at radius 2 is 2.13 bits per heavy atom. The van der Waals surface area contributed by atoms with Crippen LogP contribution in [0, 0.1) is 6.92 Å². The van der Waals surface area contributed by atoms with Crippen LogP contribution in [0.3, 0.4) is 0 Å². The molecule has 15 heavy (non-hydrogen) atoms. The van der Waals surface area contributed by atoms with Crippen molar-refractivity contribution in [3.8, 4) is 0 Å². The van der Waals surface area contributed by atoms with Crippen molar-refractivity contribution >= 4 is 11.0 Å². The normalized spacial score (nSPS) is 11.5. The molecule has 0 aliphatic carbocycles. The fraction of sp³-hybridized carbons (Fsp3) is 0.417. The molecule has 1 N–H and O–H groups in total. The number of aryl methyl sites for hydroxylation is 1. The van der Waals surface area contributed by atoms with E-state index in [-0.39, 0.29) is 0 Å². The summed E-state index contributed by atoms with van der Waals surface area (Å²) in [7, 11) is 4.15. The summed E-state index contributed by atoms with van der Waals surface area (Å²) in [6.07, 6.45) is 0.973. The second-order valence-corrected chi connectivity index (χ2v) is 4.26. The molecule has 80 valence electrons. The summed E-state index contributed by atoms with van der Waals surface area (Å²) in [6.45, 7) is 3.12. The van der Waals surface area contributed by atoms with E-state index in [2.05, 4.69) is 54.1 Å². The lowest BCUT2D eigenvalue weighted by atomic mass is 10.2. The van der Waals surface area contributed by atoms with E-state index in [1.807, 2.05) is 0 Å². The number of nitrogens with zero attached hydrogens (tertiary/aromatic N) is 2. The highest BCUT2D eigenvalue weighted by molar-refractivity contribution is 5.75. The maximum Gasteiger partial charge on any atom is 0.108 e. The van der Waals surface area contributed by atoms with E-state index in [0.717, 1.165) is 29.8 Å². The minimum absolute atomic E-state index is 0.973. The highest BCUT2D eigenvalue weighted by atomic mass is 15.1. The Kier molecular flexibility index (Phi) is 2.73. The predicted molar refractivity (Wildman–Crippen MR) is 63.1 cm³/mol. The molecule has 0 spiro atoms. The number of fused-ring (bicyclic) bond motifs is 1. The third-order valence-electron chi connectivity index (χ3n) is 2.48. The van der Waals surface area contributed by atoms with Gasteiger partial charge >= 0.3 is 0 Å². The molecule has 0 radical (unpaired) electrons. The van der Waals surface area contributed by atoms with E-state index in [4.69, 9.17) is 0 Å². The van der Waals surface area contributed by atoms with Crippen LogP contribution in [0.5, 0.6) is 0 Å². The van der Waals surface area contributed by atoms with Crippen molar-refractivity contribution in [2.45, 2.75) is 13.3 Å². The van der Waals surface area contributed by atoms with Gasteiger partial charge in [0.25, 0.3) is 0 Å². The van der Waals surface area contributed by atoms with Gasteiger partial charge in [0.2, 0.25) is 0 Å². The third-order valence-corrected chi connectivity index (χ3v) is 2.48. The first kappa shape index (κ1) is 10.2. The summed E-state index contributed by atoms with van der Waals surface area (Å²) in [5, 5.41) is 0. The van der Waals surface area contributed by atoms with Crippen molar-refractivity contribution in [3.63, 3.8) is 0 Å². The summed E-state index contributed by atoms with van der Waals surface area (Å²) < 4.78 is 0. The summed E-state index contributed by atoms with van der Waals surface area (Å²) in [5.41, 5.74) is 3.48. The third kappa shape index (κ3) is 2.36. The van der Waals surface area contributed by atoms with Crippen molar-refractivity contribution in [1.29, 1.82) is 0 Å². The van der Waals surface area contributed by atoms with Gasteiger partial charge in [0.05, 0.1) is 11.0 Å². The molecule has 1 aromatic carbocycles. The van der Waals surface area contributed by atoms with Crippen molar-refractivity contribution < 1.29 is 0 Å². The molecule has 1 aromatic heterocycles. The van der Waals surface area contributed by atoms with Crippen molar-refractivity contribution in [1.82, 2.24) is 14.9 Å². The number of nitrogens with one attached hydrogen (secondary N) is 1. The first-order valence-electron chi connectivity index (χ1n) is 5.25. The number of hydrogen-bond donors (Lipinski definition) is 1. The van der Waals surface area contributed by atoms with Crippen molar-refractivity contribution in [3.05, 3.63) is 29.6 Å². The quantitative estimate of drug-likeness (QED) is 0.827. The van der Waals surface area contributed by atoms with E-state index in [0.29, 0.717) is 0 Å². The van der Waals surface area contributed by atoms with Gasteiger partial charge in [-0.2, -0.15) is 0 Å². The standard InChI is InChI=1S/C12H17N3/c1-9-4-5-10-11(8-9)14-12(13-10)6-7-15(2)3/h4-5,8H,6-7H2,1-3H3,(H,13,14). The maximum atomic E-state index is 4.54. The molecule has 3 nitrogen and oxygen atoms in total. The zero-order valence-corrected chi connectivity index (χ0v) is 9.54. The fourth-order valence-electron chi connectivity index (χ4n) is 1.62. The van der Waals surface area contributed by atoms with Gasteiger partial charge < -0.3 is 9.88 Å². The Hall–Kier alpha value is -1.35. The second-order valence-electron chi connectivity index (χ2n) is 4.26. The summed E-state index contributed by atoms with van der Waals surface area (Å²) in [5.74, 6) is 1.07. The number of hydrogen-bond acceptors (Lipinski definition) is 2. The predicted octanol–water partition coefficient (Wildman–Crippen LogP) is 1.98. The summed E-state index contributed by atoms with van der Waals surface area (Å²) in [6, 6.07) is 6.31. The Bertz CT molecular complexity index is 457. The van der Waals surface area contributed by atoms with E-state index in [9.17, 15) is 0 Å². The molecule has 0 aliphatic rings. The molecule has 0 saturated carbocycles. The van der Waals surface area contributed by atoms with E-state index >= 15 is 0 Å². The number of H-pyrrole nitrogens is 1. The Morgan fingerprint density at radius 1 is 1.33 bits per heavy atom. The van der Waals surface area contributed by atoms with Crippen LogP contribution < -0.4 is 0 Å². The molecule has 2 rings (SSSR count). The summed E-state index contributed by atoms with van der Waals surface area (Å²) in [4.78, 5) is 10.1. The molecule has 0 saturated heterocycles. The first-order valence-corrected chi connectivity index (χ1v) is 5.25. The molecular weight excluding hydrogens is 186 g/mol. The number of imidazole rings is 1. The lowest BCUT2D eigenvalue weighted by Crippen LogP contribution is -2.15. The molecule has 3 heteroatoms. The van der Waals surface area contributed by atoms with E-state index < -0.39 is 0 Å². The van der Waals surface area contributed by atoms with E-state index in [1.54, 1.807) is 0 Å². The van der Waals surface area contributed by atoms with Gasteiger partial charge in [-0.25, -0.2) is 4.98 Å². The number of aromatic nitrogens is 2. The van der Waals surface area contributed by atoms with Gasteiger partial charge in [0.15, 0.2) is 0 Å². The minimum atomic E-state index is 0.973. The van der Waals surface area contributed by atoms with Gasteiger partial charge in [0.1, 0.15) is 5.82 Å². The molecule has 0 fully saturated rings. The van der Waals surface area contributed by atoms with Crippen LogP contribution in [0.15, 0.2) is 18.2 Å². The Labute approximate surface area is 90.1 Å². The van der Waals surface area contributed by atoms with Gasteiger partial charge in [0, 0.05) is 13.0 Å². The number of rotatable bonds is 3. The van der Waals surface area contributed by atoms with Gasteiger partial charge in [-0.3, -0.25) is 0 Å². The second kappa shape index (κ2) is 4.03. The van der Waals surface area contributed by atoms with Gasteiger partial charge in [-0.1, -0.05) is 6.07 Å². The van der Waals surface area contributed by atoms with Gasteiger partial charge in [-0.05, 0) is 38.7 Å². The van der Waals surface area contributed by atoms with Crippen LogP contribution in [0.1, 0.15) is 11.4 Å². The van der Waals surface area contributed by atoms with Crippen LogP contribution in [0.2, 0.25) is 0 Å². The first-order chi connectivity index (χ1) is 7.15. The van der Waals surface area contributed by atoms with Crippen LogP contribution >= 0.6 is 0 Å². The average Bonchev–Trinajstić information content (AvgIpc) is 2.56. The molecular formula is C12H17N3. The monoisotopic (exact) mass is 203 g/mol. The molecule has 0 bridgehead atoms.